The zero-order chi connectivity index (χ0) is 15.7. The third kappa shape index (κ3) is 3.73. The van der Waals surface area contributed by atoms with Gasteiger partial charge in [-0.1, -0.05) is 15.9 Å². The average Bonchev–Trinajstić information content (AvgIpc) is 2.96. The Morgan fingerprint density at radius 3 is 2.55 bits per heavy atom. The third-order valence-corrected chi connectivity index (χ3v) is 5.79. The van der Waals surface area contributed by atoms with Gasteiger partial charge in [-0.25, -0.2) is 4.99 Å². The molecular formula is C14H7Br3N2O2S. The summed E-state index contributed by atoms with van der Waals surface area (Å²) in [7, 11) is 0. The molecule has 2 heterocycles. The summed E-state index contributed by atoms with van der Waals surface area (Å²) in [6.45, 7) is 0. The summed E-state index contributed by atoms with van der Waals surface area (Å²) in [5, 5.41) is 3.28. The minimum absolute atomic E-state index is 0.190. The number of hydrogen-bond donors (Lipinski definition) is 1. The molecule has 0 spiro atoms. The molecule has 1 aliphatic heterocycles. The monoisotopic (exact) mass is 504 g/mol. The zero-order valence-corrected chi connectivity index (χ0v) is 16.3. The number of furan rings is 1. The Hall–Kier alpha value is -0.830. The summed E-state index contributed by atoms with van der Waals surface area (Å²) in [6, 6.07) is 9.32. The van der Waals surface area contributed by atoms with Gasteiger partial charge in [0.05, 0.1) is 15.1 Å². The van der Waals surface area contributed by atoms with Crippen LogP contribution in [-0.2, 0) is 4.79 Å². The Balaban J connectivity index is 1.82. The molecule has 1 N–H and O–H groups in total. The van der Waals surface area contributed by atoms with Crippen LogP contribution in [0.2, 0.25) is 0 Å². The van der Waals surface area contributed by atoms with Crippen LogP contribution in [0.4, 0.5) is 5.69 Å². The highest BCUT2D eigenvalue weighted by Gasteiger charge is 2.24. The number of carbonyl (C=O) groups excluding carboxylic acids is 1. The van der Waals surface area contributed by atoms with E-state index in [0.29, 0.717) is 20.5 Å². The van der Waals surface area contributed by atoms with Gasteiger partial charge in [0.25, 0.3) is 5.91 Å². The highest BCUT2D eigenvalue weighted by Crippen LogP contribution is 2.32. The lowest BCUT2D eigenvalue weighted by atomic mass is 10.3. The van der Waals surface area contributed by atoms with Crippen LogP contribution >= 0.6 is 59.6 Å². The van der Waals surface area contributed by atoms with Gasteiger partial charge < -0.3 is 9.73 Å². The number of carbonyl (C=O) groups is 1. The van der Waals surface area contributed by atoms with Crippen molar-refractivity contribution in [3.8, 4) is 0 Å². The van der Waals surface area contributed by atoms with Gasteiger partial charge in [0, 0.05) is 10.5 Å². The first-order valence-electron chi connectivity index (χ1n) is 6.01. The summed E-state index contributed by atoms with van der Waals surface area (Å²) in [5.41, 5.74) is 0.774. The van der Waals surface area contributed by atoms with Crippen LogP contribution < -0.4 is 5.32 Å². The van der Waals surface area contributed by atoms with Crippen LogP contribution in [0.1, 0.15) is 5.76 Å². The number of nitrogens with one attached hydrogen (secondary N) is 1. The molecule has 0 bridgehead atoms. The van der Waals surface area contributed by atoms with Gasteiger partial charge >= 0.3 is 0 Å². The van der Waals surface area contributed by atoms with Crippen LogP contribution in [0.5, 0.6) is 0 Å². The second-order valence-electron chi connectivity index (χ2n) is 4.23. The molecule has 0 saturated carbocycles. The largest absolute Gasteiger partial charge is 0.449 e. The standard InChI is InChI=1S/C14H7Br3N2O2S/c15-7-1-3-8(4-2-7)18-14-19-13(20)11(22-14)6-9-5-10(16)12(17)21-9/h1-6H,(H,18,19,20)/b11-6-. The highest BCUT2D eigenvalue weighted by atomic mass is 79.9. The first-order valence-corrected chi connectivity index (χ1v) is 9.21. The summed E-state index contributed by atoms with van der Waals surface area (Å²) < 4.78 is 7.81. The maximum Gasteiger partial charge on any atom is 0.264 e. The molecule has 1 amide bonds. The topological polar surface area (TPSA) is 54.6 Å². The molecule has 0 aliphatic carbocycles. The number of amidine groups is 1. The SMILES string of the molecule is O=C1NC(=Nc2ccc(Br)cc2)S/C1=C\c1cc(Br)c(Br)o1. The van der Waals surface area contributed by atoms with Crippen molar-refractivity contribution in [1.82, 2.24) is 5.32 Å². The Labute approximate surface area is 155 Å². The van der Waals surface area contributed by atoms with Gasteiger partial charge in [0.1, 0.15) is 5.76 Å². The molecule has 1 fully saturated rings. The van der Waals surface area contributed by atoms with E-state index in [1.807, 2.05) is 24.3 Å². The smallest absolute Gasteiger partial charge is 0.264 e. The predicted octanol–water partition coefficient (Wildman–Crippen LogP) is 5.46. The van der Waals surface area contributed by atoms with Crippen LogP contribution in [0.25, 0.3) is 6.08 Å². The fourth-order valence-corrected chi connectivity index (χ4v) is 3.37. The van der Waals surface area contributed by atoms with Crippen molar-refractivity contribution >= 4 is 82.4 Å². The van der Waals surface area contributed by atoms with Crippen molar-refractivity contribution in [2.24, 2.45) is 4.99 Å². The van der Waals surface area contributed by atoms with E-state index in [0.717, 1.165) is 14.6 Å². The van der Waals surface area contributed by atoms with E-state index in [1.54, 1.807) is 12.1 Å². The summed E-state index contributed by atoms with van der Waals surface area (Å²) in [4.78, 5) is 16.9. The Morgan fingerprint density at radius 2 is 1.91 bits per heavy atom. The van der Waals surface area contributed by atoms with Crippen molar-refractivity contribution < 1.29 is 9.21 Å². The number of thioether (sulfide) groups is 1. The molecule has 0 unspecified atom stereocenters. The van der Waals surface area contributed by atoms with Crippen molar-refractivity contribution in [2.75, 3.05) is 0 Å². The van der Waals surface area contributed by atoms with Gasteiger partial charge in [0.15, 0.2) is 9.84 Å². The molecule has 3 rings (SSSR count). The Kier molecular flexibility index (Phi) is 4.91. The second kappa shape index (κ2) is 6.74. The highest BCUT2D eigenvalue weighted by molar-refractivity contribution is 9.13. The minimum Gasteiger partial charge on any atom is -0.449 e. The molecule has 2 aromatic rings. The molecule has 8 heteroatoms. The maximum atomic E-state index is 12.0. The number of hydrogen-bond acceptors (Lipinski definition) is 4. The molecule has 112 valence electrons. The molecule has 1 aliphatic rings. The molecule has 1 saturated heterocycles. The quantitative estimate of drug-likeness (QED) is 0.550. The van der Waals surface area contributed by atoms with Crippen molar-refractivity contribution in [1.29, 1.82) is 0 Å². The Bertz CT molecular complexity index is 777. The number of aliphatic imine (C=N–C) groups is 1. The van der Waals surface area contributed by atoms with Crippen molar-refractivity contribution in [3.05, 3.63) is 54.6 Å². The van der Waals surface area contributed by atoms with E-state index >= 15 is 0 Å². The van der Waals surface area contributed by atoms with E-state index in [4.69, 9.17) is 4.42 Å². The van der Waals surface area contributed by atoms with E-state index in [9.17, 15) is 4.79 Å². The first-order chi connectivity index (χ1) is 10.5. The van der Waals surface area contributed by atoms with Gasteiger partial charge in [-0.05, 0) is 74.0 Å². The normalized spacial score (nSPS) is 18.2. The molecule has 0 radical (unpaired) electrons. The molecule has 4 nitrogen and oxygen atoms in total. The van der Waals surface area contributed by atoms with Crippen LogP contribution in [0, 0.1) is 0 Å². The van der Waals surface area contributed by atoms with E-state index < -0.39 is 0 Å². The summed E-state index contributed by atoms with van der Waals surface area (Å²) in [5.74, 6) is 0.394. The van der Waals surface area contributed by atoms with E-state index in [-0.39, 0.29) is 5.91 Å². The lowest BCUT2D eigenvalue weighted by Crippen LogP contribution is -2.19. The van der Waals surface area contributed by atoms with Gasteiger partial charge in [-0.15, -0.1) is 0 Å². The zero-order valence-electron chi connectivity index (χ0n) is 10.8. The third-order valence-electron chi connectivity index (χ3n) is 2.65. The molecule has 1 aromatic heterocycles. The molecule has 0 atom stereocenters. The number of benzene rings is 1. The fourth-order valence-electron chi connectivity index (χ4n) is 1.68. The number of rotatable bonds is 2. The van der Waals surface area contributed by atoms with Crippen molar-refractivity contribution in [2.45, 2.75) is 0 Å². The molecule has 22 heavy (non-hydrogen) atoms. The summed E-state index contributed by atoms with van der Waals surface area (Å²) in [6.07, 6.45) is 1.68. The number of nitrogens with zero attached hydrogens (tertiary/aromatic N) is 1. The lowest BCUT2D eigenvalue weighted by molar-refractivity contribution is -0.115. The minimum atomic E-state index is -0.190. The lowest BCUT2D eigenvalue weighted by Gasteiger charge is -1.96. The molecule has 1 aromatic carbocycles. The maximum absolute atomic E-state index is 12.0. The fraction of sp³-hybridized carbons (Fsp3) is 0. The van der Waals surface area contributed by atoms with Crippen molar-refractivity contribution in [3.63, 3.8) is 0 Å². The Morgan fingerprint density at radius 1 is 1.18 bits per heavy atom. The van der Waals surface area contributed by atoms with E-state index in [1.165, 1.54) is 11.8 Å². The van der Waals surface area contributed by atoms with Crippen LogP contribution in [0.15, 0.2) is 58.3 Å². The summed E-state index contributed by atoms with van der Waals surface area (Å²) >= 11 is 11.2. The molecular weight excluding hydrogens is 500 g/mol. The van der Waals surface area contributed by atoms with Crippen LogP contribution in [0.3, 0.4) is 0 Å². The number of halogens is 3. The van der Waals surface area contributed by atoms with Crippen LogP contribution in [-0.4, -0.2) is 11.1 Å². The van der Waals surface area contributed by atoms with Gasteiger partial charge in [-0.3, -0.25) is 4.79 Å². The predicted molar refractivity (Wildman–Crippen MR) is 99.1 cm³/mol. The van der Waals surface area contributed by atoms with Gasteiger partial charge in [-0.2, -0.15) is 0 Å². The number of amides is 1. The van der Waals surface area contributed by atoms with Gasteiger partial charge in [0.2, 0.25) is 0 Å². The van der Waals surface area contributed by atoms with E-state index in [2.05, 4.69) is 58.1 Å². The second-order valence-corrected chi connectivity index (χ2v) is 7.75. The average molecular weight is 507 g/mol. The first kappa shape index (κ1) is 16.0.